The van der Waals surface area contributed by atoms with Crippen molar-refractivity contribution in [3.63, 3.8) is 0 Å². The molecule has 24 heavy (non-hydrogen) atoms. The second-order valence-corrected chi connectivity index (χ2v) is 5.71. The van der Waals surface area contributed by atoms with Gasteiger partial charge in [0.05, 0.1) is 0 Å². The molecule has 130 valence electrons. The number of ether oxygens (including phenoxy) is 3. The Kier molecular flexibility index (Phi) is 6.23. The van der Waals surface area contributed by atoms with Gasteiger partial charge >= 0.3 is 5.97 Å². The van der Waals surface area contributed by atoms with Gasteiger partial charge in [-0.15, -0.1) is 0 Å². The van der Waals surface area contributed by atoms with Crippen molar-refractivity contribution < 1.29 is 23.8 Å². The Bertz CT molecular complexity index is 626. The van der Waals surface area contributed by atoms with Crippen molar-refractivity contribution in [2.75, 3.05) is 26.5 Å². The maximum atomic E-state index is 12.0. The molecule has 0 aromatic heterocycles. The van der Waals surface area contributed by atoms with E-state index in [0.29, 0.717) is 31.0 Å². The summed E-state index contributed by atoms with van der Waals surface area (Å²) in [5.74, 6) is 0.794. The summed E-state index contributed by atoms with van der Waals surface area (Å²) in [7, 11) is 0. The number of hydrogen-bond acceptors (Lipinski definition) is 5. The predicted molar refractivity (Wildman–Crippen MR) is 88.9 cm³/mol. The molecule has 6 nitrogen and oxygen atoms in total. The monoisotopic (exact) mass is 333 g/mol. The fourth-order valence-corrected chi connectivity index (χ4v) is 2.35. The van der Waals surface area contributed by atoms with Crippen LogP contribution in [-0.4, -0.2) is 43.3 Å². The number of carbonyl (C=O) groups is 2. The lowest BCUT2D eigenvalue weighted by Gasteiger charge is -2.20. The lowest BCUT2D eigenvalue weighted by Crippen LogP contribution is -2.35. The van der Waals surface area contributed by atoms with E-state index in [1.807, 2.05) is 32.0 Å². The highest BCUT2D eigenvalue weighted by atomic mass is 16.7. The van der Waals surface area contributed by atoms with Gasteiger partial charge in [0, 0.05) is 19.5 Å². The summed E-state index contributed by atoms with van der Waals surface area (Å²) in [6.45, 7) is 8.54. The third-order valence-electron chi connectivity index (χ3n) is 3.61. The maximum Gasteiger partial charge on any atom is 0.306 e. The molecule has 1 aliphatic rings. The van der Waals surface area contributed by atoms with Crippen molar-refractivity contribution in [2.45, 2.75) is 26.7 Å². The molecule has 0 N–H and O–H groups in total. The van der Waals surface area contributed by atoms with Gasteiger partial charge < -0.3 is 19.1 Å². The Hall–Kier alpha value is -2.50. The van der Waals surface area contributed by atoms with E-state index < -0.39 is 5.97 Å². The predicted octanol–water partition coefficient (Wildman–Crippen LogP) is 2.32. The van der Waals surface area contributed by atoms with Gasteiger partial charge in [-0.25, -0.2) is 0 Å². The minimum atomic E-state index is -0.396. The van der Waals surface area contributed by atoms with Crippen molar-refractivity contribution >= 4 is 11.9 Å². The number of amides is 1. The summed E-state index contributed by atoms with van der Waals surface area (Å²) in [5.41, 5.74) is 1.85. The molecule has 0 saturated heterocycles. The molecule has 0 fully saturated rings. The highest BCUT2D eigenvalue weighted by molar-refractivity contribution is 5.80. The highest BCUT2D eigenvalue weighted by Crippen LogP contribution is 2.32. The van der Waals surface area contributed by atoms with Crippen LogP contribution in [0.5, 0.6) is 11.5 Å². The summed E-state index contributed by atoms with van der Waals surface area (Å²) in [6.07, 6.45) is 0.729. The minimum Gasteiger partial charge on any atom is -0.456 e. The fraction of sp³-hybridized carbons (Fsp3) is 0.444. The minimum absolute atomic E-state index is 0.208. The van der Waals surface area contributed by atoms with E-state index in [-0.39, 0.29) is 25.7 Å². The molecule has 0 radical (unpaired) electrons. The number of carbonyl (C=O) groups excluding carboxylic acids is 2. The van der Waals surface area contributed by atoms with Gasteiger partial charge in [-0.3, -0.25) is 9.59 Å². The number of hydrogen-bond donors (Lipinski definition) is 0. The van der Waals surface area contributed by atoms with Gasteiger partial charge in [-0.2, -0.15) is 0 Å². The number of benzene rings is 1. The first kappa shape index (κ1) is 17.8. The molecule has 1 heterocycles. The van der Waals surface area contributed by atoms with Crippen LogP contribution in [0.1, 0.15) is 25.8 Å². The average molecular weight is 333 g/mol. The van der Waals surface area contributed by atoms with E-state index in [2.05, 4.69) is 6.58 Å². The molecule has 0 aliphatic carbocycles. The summed E-state index contributed by atoms with van der Waals surface area (Å²) < 4.78 is 15.6. The largest absolute Gasteiger partial charge is 0.456 e. The first-order valence-corrected chi connectivity index (χ1v) is 7.96. The van der Waals surface area contributed by atoms with Crippen LogP contribution in [0.4, 0.5) is 0 Å². The van der Waals surface area contributed by atoms with Crippen LogP contribution in [-0.2, 0) is 20.7 Å². The van der Waals surface area contributed by atoms with Crippen LogP contribution in [0.3, 0.4) is 0 Å². The molecule has 1 aromatic carbocycles. The number of fused-ring (bicyclic) bond motifs is 1. The second kappa shape index (κ2) is 8.38. The molecular weight excluding hydrogens is 310 g/mol. The van der Waals surface area contributed by atoms with Gasteiger partial charge in [0.15, 0.2) is 18.1 Å². The first-order valence-electron chi connectivity index (χ1n) is 7.96. The van der Waals surface area contributed by atoms with Crippen LogP contribution in [0.25, 0.3) is 0 Å². The van der Waals surface area contributed by atoms with E-state index in [1.54, 1.807) is 4.90 Å². The maximum absolute atomic E-state index is 12.0. The molecule has 2 rings (SSSR count). The Morgan fingerprint density at radius 3 is 2.75 bits per heavy atom. The van der Waals surface area contributed by atoms with E-state index in [4.69, 9.17) is 14.2 Å². The van der Waals surface area contributed by atoms with Crippen molar-refractivity contribution in [1.82, 2.24) is 4.90 Å². The zero-order chi connectivity index (χ0) is 17.5. The molecule has 6 heteroatoms. The fourth-order valence-electron chi connectivity index (χ4n) is 2.35. The van der Waals surface area contributed by atoms with E-state index in [1.165, 1.54) is 0 Å². The third-order valence-corrected chi connectivity index (χ3v) is 3.61. The third kappa shape index (κ3) is 5.01. The molecule has 1 amide bonds. The molecule has 1 aromatic rings. The molecule has 1 aliphatic heterocycles. The molecule has 0 unspecified atom stereocenters. The SMILES string of the molecule is C=C(C)CN(CC)C(=O)COC(=O)CCc1ccc2c(c1)OCO2. The molecule has 0 bridgehead atoms. The smallest absolute Gasteiger partial charge is 0.306 e. The summed E-state index contributed by atoms with van der Waals surface area (Å²) in [4.78, 5) is 25.4. The van der Waals surface area contributed by atoms with E-state index in [9.17, 15) is 9.59 Å². The van der Waals surface area contributed by atoms with Crippen molar-refractivity contribution in [2.24, 2.45) is 0 Å². The quantitative estimate of drug-likeness (QED) is 0.539. The number of likely N-dealkylation sites (N-methyl/N-ethyl adjacent to an activating group) is 1. The van der Waals surface area contributed by atoms with Crippen LogP contribution < -0.4 is 9.47 Å². The zero-order valence-corrected chi connectivity index (χ0v) is 14.2. The highest BCUT2D eigenvalue weighted by Gasteiger charge is 2.16. The van der Waals surface area contributed by atoms with Crippen molar-refractivity contribution in [3.8, 4) is 11.5 Å². The molecule has 0 atom stereocenters. The molecular formula is C18H23NO5. The van der Waals surface area contributed by atoms with E-state index in [0.717, 1.165) is 11.1 Å². The van der Waals surface area contributed by atoms with Gasteiger partial charge in [0.25, 0.3) is 5.91 Å². The Labute approximate surface area is 142 Å². The number of esters is 1. The van der Waals surface area contributed by atoms with Gasteiger partial charge in [-0.05, 0) is 38.0 Å². The van der Waals surface area contributed by atoms with E-state index >= 15 is 0 Å². The second-order valence-electron chi connectivity index (χ2n) is 5.71. The summed E-state index contributed by atoms with van der Waals surface area (Å²) in [5, 5.41) is 0. The lowest BCUT2D eigenvalue weighted by atomic mass is 10.1. The van der Waals surface area contributed by atoms with Gasteiger partial charge in [0.1, 0.15) is 0 Å². The molecule has 0 spiro atoms. The Balaban J connectivity index is 1.75. The average Bonchev–Trinajstić information content (AvgIpc) is 3.03. The van der Waals surface area contributed by atoms with Crippen LogP contribution in [0, 0.1) is 0 Å². The van der Waals surface area contributed by atoms with Crippen LogP contribution >= 0.6 is 0 Å². The van der Waals surface area contributed by atoms with Crippen molar-refractivity contribution in [1.29, 1.82) is 0 Å². The molecule has 0 saturated carbocycles. The topological polar surface area (TPSA) is 65.1 Å². The Morgan fingerprint density at radius 1 is 1.29 bits per heavy atom. The van der Waals surface area contributed by atoms with Crippen LogP contribution in [0.15, 0.2) is 30.4 Å². The lowest BCUT2D eigenvalue weighted by molar-refractivity contribution is -0.151. The van der Waals surface area contributed by atoms with Gasteiger partial charge in [-0.1, -0.05) is 18.2 Å². The standard InChI is InChI=1S/C18H23NO5/c1-4-19(10-13(2)3)17(20)11-22-18(21)8-6-14-5-7-15-16(9-14)24-12-23-15/h5,7,9H,2,4,6,8,10-12H2,1,3H3. The normalized spacial score (nSPS) is 11.9. The summed E-state index contributed by atoms with van der Waals surface area (Å²) in [6, 6.07) is 5.56. The zero-order valence-electron chi connectivity index (χ0n) is 14.2. The van der Waals surface area contributed by atoms with Crippen molar-refractivity contribution in [3.05, 3.63) is 35.9 Å². The first-order chi connectivity index (χ1) is 11.5. The van der Waals surface area contributed by atoms with Crippen LogP contribution in [0.2, 0.25) is 0 Å². The number of aryl methyl sites for hydroxylation is 1. The number of nitrogens with zero attached hydrogens (tertiary/aromatic N) is 1. The number of rotatable bonds is 8. The van der Waals surface area contributed by atoms with Gasteiger partial charge in [0.2, 0.25) is 6.79 Å². The summed E-state index contributed by atoms with van der Waals surface area (Å²) >= 11 is 0. The Morgan fingerprint density at radius 2 is 2.04 bits per heavy atom.